The predicted molar refractivity (Wildman–Crippen MR) is 72.8 cm³/mol. The summed E-state index contributed by atoms with van der Waals surface area (Å²) in [6.45, 7) is 12.9. The molecule has 0 fully saturated rings. The van der Waals surface area contributed by atoms with Crippen molar-refractivity contribution in [2.75, 3.05) is 26.2 Å². The normalized spacial score (nSPS) is 9.71. The van der Waals surface area contributed by atoms with Crippen LogP contribution >= 0.6 is 0 Å². The summed E-state index contributed by atoms with van der Waals surface area (Å²) in [7, 11) is 0. The Morgan fingerprint density at radius 3 is 1.71 bits per heavy atom. The Balaban J connectivity index is 0. The van der Waals surface area contributed by atoms with E-state index in [1.165, 1.54) is 25.9 Å². The number of hydrogen-bond acceptors (Lipinski definition) is 4. The molecule has 0 aliphatic carbocycles. The lowest BCUT2D eigenvalue weighted by Gasteiger charge is -2.16. The standard InChI is InChI=1S/C7H15NO2.C6H15N/c1-3-5-8(6-4-2)10-7-9;1-3-5-7-6-4-2/h7H,3-6H2,1-2H3;7H,3-6H2,1-2H3. The van der Waals surface area contributed by atoms with Gasteiger partial charge in [-0.3, -0.25) is 4.79 Å². The molecular weight excluding hydrogens is 216 g/mol. The van der Waals surface area contributed by atoms with E-state index in [-0.39, 0.29) is 0 Å². The van der Waals surface area contributed by atoms with Gasteiger partial charge in [-0.05, 0) is 38.8 Å². The summed E-state index contributed by atoms with van der Waals surface area (Å²) in [4.78, 5) is 14.6. The molecule has 0 aromatic rings. The maximum Gasteiger partial charge on any atom is 0.312 e. The molecule has 0 aliphatic rings. The molecule has 0 heterocycles. The maximum absolute atomic E-state index is 9.90. The smallest absolute Gasteiger partial charge is 0.312 e. The van der Waals surface area contributed by atoms with Crippen LogP contribution in [-0.4, -0.2) is 37.7 Å². The quantitative estimate of drug-likeness (QED) is 0.365. The fraction of sp³-hybridized carbons (Fsp3) is 0.923. The van der Waals surface area contributed by atoms with Gasteiger partial charge >= 0.3 is 6.47 Å². The maximum atomic E-state index is 9.90. The Labute approximate surface area is 107 Å². The molecule has 0 spiro atoms. The first-order valence-electron chi connectivity index (χ1n) is 6.82. The summed E-state index contributed by atoms with van der Waals surface area (Å²) in [5.41, 5.74) is 0. The van der Waals surface area contributed by atoms with Gasteiger partial charge in [-0.15, -0.1) is 5.06 Å². The molecule has 0 aliphatic heterocycles. The minimum Gasteiger partial charge on any atom is -0.371 e. The highest BCUT2D eigenvalue weighted by Gasteiger charge is 1.99. The van der Waals surface area contributed by atoms with E-state index in [0.29, 0.717) is 6.47 Å². The molecule has 4 nitrogen and oxygen atoms in total. The summed E-state index contributed by atoms with van der Waals surface area (Å²) in [6, 6.07) is 0. The van der Waals surface area contributed by atoms with E-state index < -0.39 is 0 Å². The molecule has 1 N–H and O–H groups in total. The summed E-state index contributed by atoms with van der Waals surface area (Å²) < 4.78 is 0. The van der Waals surface area contributed by atoms with E-state index in [9.17, 15) is 4.79 Å². The summed E-state index contributed by atoms with van der Waals surface area (Å²) in [6.07, 6.45) is 4.52. The lowest BCUT2D eigenvalue weighted by atomic mass is 10.4. The zero-order valence-corrected chi connectivity index (χ0v) is 12.0. The van der Waals surface area contributed by atoms with Gasteiger partial charge in [0.15, 0.2) is 0 Å². The average molecular weight is 246 g/mol. The molecule has 17 heavy (non-hydrogen) atoms. The molecule has 0 atom stereocenters. The molecule has 0 aromatic heterocycles. The topological polar surface area (TPSA) is 41.6 Å². The summed E-state index contributed by atoms with van der Waals surface area (Å²) in [5, 5.41) is 4.96. The number of carbonyl (C=O) groups excluding carboxylic acids is 1. The van der Waals surface area contributed by atoms with Gasteiger partial charge in [-0.25, -0.2) is 0 Å². The monoisotopic (exact) mass is 246 g/mol. The molecule has 104 valence electrons. The number of nitrogens with zero attached hydrogens (tertiary/aromatic N) is 1. The third kappa shape index (κ3) is 18.0. The zero-order valence-electron chi connectivity index (χ0n) is 12.0. The first kappa shape index (κ1) is 18.7. The van der Waals surface area contributed by atoms with Gasteiger partial charge in [-0.2, -0.15) is 0 Å². The van der Waals surface area contributed by atoms with Crippen LogP contribution in [0.4, 0.5) is 0 Å². The van der Waals surface area contributed by atoms with Gasteiger partial charge in [0.2, 0.25) is 0 Å². The predicted octanol–water partition coefficient (Wildman–Crippen LogP) is 2.59. The summed E-state index contributed by atoms with van der Waals surface area (Å²) in [5.74, 6) is 0. The van der Waals surface area contributed by atoms with Crippen molar-refractivity contribution in [3.05, 3.63) is 0 Å². The fourth-order valence-corrected chi connectivity index (χ4v) is 1.26. The minimum absolute atomic E-state index is 0.478. The Hall–Kier alpha value is -0.610. The van der Waals surface area contributed by atoms with Crippen LogP contribution in [0.2, 0.25) is 0 Å². The van der Waals surface area contributed by atoms with Gasteiger partial charge in [0, 0.05) is 13.1 Å². The van der Waals surface area contributed by atoms with Gasteiger partial charge < -0.3 is 10.2 Å². The van der Waals surface area contributed by atoms with Gasteiger partial charge in [0.25, 0.3) is 0 Å². The number of carbonyl (C=O) groups is 1. The number of nitrogens with one attached hydrogen (secondary N) is 1. The Bertz CT molecular complexity index is 133. The molecule has 0 amide bonds. The first-order valence-corrected chi connectivity index (χ1v) is 6.82. The van der Waals surface area contributed by atoms with Crippen molar-refractivity contribution in [2.45, 2.75) is 53.4 Å². The molecule has 0 saturated carbocycles. The van der Waals surface area contributed by atoms with Gasteiger partial charge in [0.05, 0.1) is 0 Å². The second kappa shape index (κ2) is 17.8. The van der Waals surface area contributed by atoms with E-state index >= 15 is 0 Å². The molecule has 0 unspecified atom stereocenters. The molecule has 0 rings (SSSR count). The van der Waals surface area contributed by atoms with Crippen molar-refractivity contribution in [1.29, 1.82) is 0 Å². The Morgan fingerprint density at radius 1 is 0.941 bits per heavy atom. The number of hydrogen-bond donors (Lipinski definition) is 1. The second-order valence-electron chi connectivity index (χ2n) is 3.88. The SMILES string of the molecule is CCCN(CCC)OC=O.CCCNCCC. The molecule has 0 saturated heterocycles. The van der Waals surface area contributed by atoms with Crippen LogP contribution in [0.5, 0.6) is 0 Å². The zero-order chi connectivity index (χ0) is 13.4. The lowest BCUT2D eigenvalue weighted by molar-refractivity contribution is -0.173. The highest BCUT2D eigenvalue weighted by Crippen LogP contribution is 1.92. The van der Waals surface area contributed by atoms with Crippen LogP contribution < -0.4 is 5.32 Å². The van der Waals surface area contributed by atoms with Crippen molar-refractivity contribution in [2.24, 2.45) is 0 Å². The minimum atomic E-state index is 0.478. The van der Waals surface area contributed by atoms with E-state index in [4.69, 9.17) is 0 Å². The Kier molecular flexibility index (Phi) is 19.6. The third-order valence-corrected chi connectivity index (χ3v) is 1.99. The van der Waals surface area contributed by atoms with Crippen LogP contribution in [0.15, 0.2) is 0 Å². The second-order valence-corrected chi connectivity index (χ2v) is 3.88. The highest BCUT2D eigenvalue weighted by molar-refractivity contribution is 5.36. The first-order chi connectivity index (χ1) is 8.26. The molecule has 0 radical (unpaired) electrons. The fourth-order valence-electron chi connectivity index (χ4n) is 1.26. The van der Waals surface area contributed by atoms with Crippen molar-refractivity contribution in [3.63, 3.8) is 0 Å². The Morgan fingerprint density at radius 2 is 1.41 bits per heavy atom. The lowest BCUT2D eigenvalue weighted by Crippen LogP contribution is -2.25. The van der Waals surface area contributed by atoms with E-state index in [2.05, 4.69) is 37.8 Å². The van der Waals surface area contributed by atoms with Gasteiger partial charge in [-0.1, -0.05) is 27.7 Å². The van der Waals surface area contributed by atoms with Crippen LogP contribution in [0.1, 0.15) is 53.4 Å². The van der Waals surface area contributed by atoms with Crippen molar-refractivity contribution in [1.82, 2.24) is 10.4 Å². The molecule has 0 aromatic carbocycles. The molecule has 0 bridgehead atoms. The average Bonchev–Trinajstić information content (AvgIpc) is 2.32. The van der Waals surface area contributed by atoms with Crippen LogP contribution in [-0.2, 0) is 9.63 Å². The highest BCUT2D eigenvalue weighted by atomic mass is 16.7. The van der Waals surface area contributed by atoms with Crippen molar-refractivity contribution >= 4 is 6.47 Å². The van der Waals surface area contributed by atoms with Crippen molar-refractivity contribution < 1.29 is 9.63 Å². The van der Waals surface area contributed by atoms with E-state index in [1.807, 2.05) is 0 Å². The number of hydroxylamine groups is 2. The van der Waals surface area contributed by atoms with Crippen molar-refractivity contribution in [3.8, 4) is 0 Å². The number of rotatable bonds is 10. The van der Waals surface area contributed by atoms with Crippen LogP contribution in [0.25, 0.3) is 0 Å². The van der Waals surface area contributed by atoms with E-state index in [1.54, 1.807) is 5.06 Å². The van der Waals surface area contributed by atoms with Gasteiger partial charge in [0.1, 0.15) is 0 Å². The van der Waals surface area contributed by atoms with Crippen LogP contribution in [0.3, 0.4) is 0 Å². The van der Waals surface area contributed by atoms with Crippen LogP contribution in [0, 0.1) is 0 Å². The molecular formula is C13H30N2O2. The molecule has 4 heteroatoms. The third-order valence-electron chi connectivity index (χ3n) is 1.99. The summed E-state index contributed by atoms with van der Waals surface area (Å²) >= 11 is 0. The van der Waals surface area contributed by atoms with E-state index in [0.717, 1.165) is 25.9 Å². The largest absolute Gasteiger partial charge is 0.371 e.